The fourth-order valence-corrected chi connectivity index (χ4v) is 5.33. The van der Waals surface area contributed by atoms with Crippen LogP contribution in [0.2, 0.25) is 0 Å². The minimum atomic E-state index is -4.48. The van der Waals surface area contributed by atoms with Crippen LogP contribution < -0.4 is 0 Å². The smallest absolute Gasteiger partial charge is 0.385 e. The molecule has 3 nitrogen and oxygen atoms in total. The van der Waals surface area contributed by atoms with Crippen molar-refractivity contribution in [2.75, 3.05) is 0 Å². The van der Waals surface area contributed by atoms with Crippen molar-refractivity contribution in [3.63, 3.8) is 0 Å². The molecule has 2 saturated heterocycles. The molecule has 0 radical (unpaired) electrons. The number of aromatic nitrogens is 1. The molecule has 2 aliphatic heterocycles. The maximum atomic E-state index is 12.7. The van der Waals surface area contributed by atoms with E-state index in [1.165, 1.54) is 6.20 Å². The van der Waals surface area contributed by atoms with Gasteiger partial charge in [-0.2, -0.15) is 13.2 Å². The van der Waals surface area contributed by atoms with Gasteiger partial charge in [-0.25, -0.2) is 0 Å². The van der Waals surface area contributed by atoms with Crippen LogP contribution in [0.4, 0.5) is 13.2 Å². The summed E-state index contributed by atoms with van der Waals surface area (Å²) in [6, 6.07) is 0.959. The zero-order chi connectivity index (χ0) is 14.5. The number of aliphatic hydroxyl groups is 1. The average Bonchev–Trinajstić information content (AvgIpc) is 2.62. The Balaban J connectivity index is 1.95. The Labute approximate surface area is 116 Å². The van der Waals surface area contributed by atoms with E-state index in [2.05, 4.69) is 4.98 Å². The number of alkyl halides is 3. The molecule has 1 aromatic heterocycles. The topological polar surface area (TPSA) is 50.2 Å². The van der Waals surface area contributed by atoms with Crippen LogP contribution in [0.5, 0.6) is 0 Å². The van der Waals surface area contributed by atoms with Crippen molar-refractivity contribution in [1.82, 2.24) is 4.98 Å². The van der Waals surface area contributed by atoms with Gasteiger partial charge >= 0.3 is 6.18 Å². The molecule has 0 aromatic carbocycles. The van der Waals surface area contributed by atoms with Gasteiger partial charge < -0.3 is 5.11 Å². The Hall–Kier alpha value is -0.950. The van der Waals surface area contributed by atoms with E-state index in [4.69, 9.17) is 0 Å². The van der Waals surface area contributed by atoms with Gasteiger partial charge in [0, 0.05) is 39.3 Å². The van der Waals surface area contributed by atoms with Gasteiger partial charge in [-0.1, -0.05) is 0 Å². The average molecular weight is 305 g/mol. The molecule has 2 bridgehead atoms. The van der Waals surface area contributed by atoms with Gasteiger partial charge in [-0.15, -0.1) is 0 Å². The van der Waals surface area contributed by atoms with Crippen LogP contribution in [-0.4, -0.2) is 24.8 Å². The van der Waals surface area contributed by atoms with Crippen molar-refractivity contribution >= 4 is 10.8 Å². The van der Waals surface area contributed by atoms with E-state index in [1.807, 2.05) is 0 Å². The first-order valence-electron chi connectivity index (χ1n) is 6.44. The third kappa shape index (κ3) is 2.26. The van der Waals surface area contributed by atoms with Gasteiger partial charge in [0.25, 0.3) is 0 Å². The second-order valence-electron chi connectivity index (χ2n) is 5.55. The molecular formula is C13H14F3NO2S. The monoisotopic (exact) mass is 305 g/mol. The Bertz CT molecular complexity index is 545. The number of hydrogen-bond acceptors (Lipinski definition) is 3. The van der Waals surface area contributed by atoms with Crippen molar-refractivity contribution in [2.45, 2.75) is 48.0 Å². The van der Waals surface area contributed by atoms with Crippen LogP contribution >= 0.6 is 0 Å². The normalized spacial score (nSPS) is 37.1. The fraction of sp³-hybridized carbons (Fsp3) is 0.615. The third-order valence-corrected chi connectivity index (χ3v) is 6.32. The van der Waals surface area contributed by atoms with Crippen molar-refractivity contribution < 1.29 is 22.5 Å². The van der Waals surface area contributed by atoms with E-state index in [-0.39, 0.29) is 28.9 Å². The van der Waals surface area contributed by atoms with Crippen LogP contribution in [-0.2, 0) is 22.6 Å². The van der Waals surface area contributed by atoms with Gasteiger partial charge in [0.05, 0.1) is 11.2 Å². The van der Waals surface area contributed by atoms with E-state index in [9.17, 15) is 22.5 Å². The van der Waals surface area contributed by atoms with Crippen molar-refractivity contribution in [2.24, 2.45) is 0 Å². The molecule has 7 heteroatoms. The Morgan fingerprint density at radius 2 is 1.85 bits per heavy atom. The van der Waals surface area contributed by atoms with Gasteiger partial charge in [0.15, 0.2) is 0 Å². The van der Waals surface area contributed by atoms with Crippen molar-refractivity contribution in [1.29, 1.82) is 0 Å². The molecule has 0 saturated carbocycles. The standard InChI is InChI=1S/C13H14F3NO2S/c14-13(15,16)9-3-8(6-17-7-9)12(18)4-10-1-2-11(5-12)20(10)19/h3,6-7,10-11,18H,1-2,4-5H2. The lowest BCUT2D eigenvalue weighted by Gasteiger charge is -2.36. The molecule has 3 rings (SSSR count). The fourth-order valence-electron chi connectivity index (χ4n) is 3.17. The number of nitrogens with zero attached hydrogens (tertiary/aromatic N) is 1. The van der Waals surface area contributed by atoms with Gasteiger partial charge in [-0.05, 0) is 31.7 Å². The molecule has 2 unspecified atom stereocenters. The summed E-state index contributed by atoms with van der Waals surface area (Å²) in [6.07, 6.45) is -0.405. The number of pyridine rings is 1. The summed E-state index contributed by atoms with van der Waals surface area (Å²) in [5.41, 5.74) is -2.02. The van der Waals surface area contributed by atoms with Gasteiger partial charge in [0.1, 0.15) is 0 Å². The van der Waals surface area contributed by atoms with Crippen LogP contribution in [0, 0.1) is 0 Å². The minimum Gasteiger partial charge on any atom is -0.385 e. The quantitative estimate of drug-likeness (QED) is 0.866. The van der Waals surface area contributed by atoms with Gasteiger partial charge in [-0.3, -0.25) is 9.19 Å². The maximum absolute atomic E-state index is 12.7. The van der Waals surface area contributed by atoms with Crippen LogP contribution in [0.3, 0.4) is 0 Å². The molecule has 2 aliphatic rings. The molecule has 0 amide bonds. The molecule has 0 aliphatic carbocycles. The van der Waals surface area contributed by atoms with Crippen LogP contribution in [0.1, 0.15) is 36.8 Å². The highest BCUT2D eigenvalue weighted by atomic mass is 32.2. The SMILES string of the molecule is O=S1C2CCC1CC(O)(c1cncc(C(F)(F)F)c1)C2. The maximum Gasteiger partial charge on any atom is 0.417 e. The zero-order valence-corrected chi connectivity index (χ0v) is 11.4. The van der Waals surface area contributed by atoms with Gasteiger partial charge in [0.2, 0.25) is 0 Å². The molecule has 2 atom stereocenters. The highest BCUT2D eigenvalue weighted by Gasteiger charge is 2.49. The molecule has 0 spiro atoms. The summed E-state index contributed by atoms with van der Waals surface area (Å²) >= 11 is 0. The summed E-state index contributed by atoms with van der Waals surface area (Å²) < 4.78 is 50.1. The van der Waals surface area contributed by atoms with Crippen molar-refractivity contribution in [3.05, 3.63) is 29.6 Å². The highest BCUT2D eigenvalue weighted by Crippen LogP contribution is 2.46. The summed E-state index contributed by atoms with van der Waals surface area (Å²) in [7, 11) is -0.964. The van der Waals surface area contributed by atoms with Crippen molar-refractivity contribution in [3.8, 4) is 0 Å². The lowest BCUT2D eigenvalue weighted by atomic mass is 9.86. The molecule has 3 heterocycles. The summed E-state index contributed by atoms with van der Waals surface area (Å²) in [4.78, 5) is 3.61. The molecule has 1 aromatic rings. The first kappa shape index (κ1) is 14.0. The largest absolute Gasteiger partial charge is 0.417 e. The van der Waals surface area contributed by atoms with E-state index in [1.54, 1.807) is 0 Å². The number of rotatable bonds is 1. The minimum absolute atomic E-state index is 0.117. The Morgan fingerprint density at radius 1 is 1.25 bits per heavy atom. The van der Waals surface area contributed by atoms with Crippen LogP contribution in [0.25, 0.3) is 0 Å². The predicted octanol–water partition coefficient (Wildman–Crippen LogP) is 2.36. The summed E-state index contributed by atoms with van der Waals surface area (Å²) in [6.45, 7) is 0. The van der Waals surface area contributed by atoms with E-state index in [0.717, 1.165) is 25.1 Å². The second-order valence-corrected chi connectivity index (χ2v) is 7.54. The molecule has 110 valence electrons. The molecule has 2 fully saturated rings. The van der Waals surface area contributed by atoms with Crippen LogP contribution in [0.15, 0.2) is 18.5 Å². The Morgan fingerprint density at radius 3 is 2.40 bits per heavy atom. The Kier molecular flexibility index (Phi) is 3.17. The summed E-state index contributed by atoms with van der Waals surface area (Å²) in [5, 5.41) is 10.5. The second kappa shape index (κ2) is 4.53. The number of fused-ring (bicyclic) bond motifs is 2. The number of halogens is 3. The van der Waals surface area contributed by atoms with E-state index < -0.39 is 28.1 Å². The zero-order valence-electron chi connectivity index (χ0n) is 10.6. The first-order chi connectivity index (χ1) is 9.29. The summed E-state index contributed by atoms with van der Waals surface area (Å²) in [5.74, 6) is 0. The first-order valence-corrected chi connectivity index (χ1v) is 7.72. The lowest BCUT2D eigenvalue weighted by molar-refractivity contribution is -0.138. The predicted molar refractivity (Wildman–Crippen MR) is 67.3 cm³/mol. The molecule has 1 N–H and O–H groups in total. The molecular weight excluding hydrogens is 291 g/mol. The number of hydrogen-bond donors (Lipinski definition) is 1. The molecule has 20 heavy (non-hydrogen) atoms. The van der Waals surface area contributed by atoms with E-state index >= 15 is 0 Å². The lowest BCUT2D eigenvalue weighted by Crippen LogP contribution is -2.40. The highest BCUT2D eigenvalue weighted by molar-refractivity contribution is 7.86. The third-order valence-electron chi connectivity index (χ3n) is 4.20. The van der Waals surface area contributed by atoms with E-state index in [0.29, 0.717) is 0 Å².